The Bertz CT molecular complexity index is 595. The zero-order valence-corrected chi connectivity index (χ0v) is 14.9. The highest BCUT2D eigenvalue weighted by Crippen LogP contribution is 2.29. The van der Waals surface area contributed by atoms with Crippen LogP contribution in [0.2, 0.25) is 0 Å². The van der Waals surface area contributed by atoms with Gasteiger partial charge in [0.2, 0.25) is 11.8 Å². The monoisotopic (exact) mass is 347 g/mol. The van der Waals surface area contributed by atoms with Crippen LogP contribution in [0, 0.1) is 0 Å². The average molecular weight is 347 g/mol. The van der Waals surface area contributed by atoms with Gasteiger partial charge in [-0.25, -0.2) is 0 Å². The van der Waals surface area contributed by atoms with Crippen molar-refractivity contribution in [2.24, 2.45) is 5.73 Å². The van der Waals surface area contributed by atoms with E-state index in [-0.39, 0.29) is 29.8 Å². The third-order valence-corrected chi connectivity index (χ3v) is 5.87. The van der Waals surface area contributed by atoms with Gasteiger partial charge in [0.25, 0.3) is 0 Å². The molecule has 2 aliphatic heterocycles. The van der Waals surface area contributed by atoms with Crippen LogP contribution < -0.4 is 5.73 Å². The minimum absolute atomic E-state index is 0.0507. The van der Waals surface area contributed by atoms with Gasteiger partial charge in [-0.1, -0.05) is 37.3 Å². The van der Waals surface area contributed by atoms with E-state index in [0.29, 0.717) is 31.1 Å². The Kier molecular flexibility index (Phi) is 5.46. The van der Waals surface area contributed by atoms with Crippen molar-refractivity contribution in [2.45, 2.75) is 37.8 Å². The van der Waals surface area contributed by atoms with Gasteiger partial charge in [-0.3, -0.25) is 9.59 Å². The molecule has 1 aromatic rings. The molecule has 0 radical (unpaired) electrons. The van der Waals surface area contributed by atoms with Gasteiger partial charge in [0.05, 0.1) is 5.88 Å². The highest BCUT2D eigenvalue weighted by Gasteiger charge is 2.41. The summed E-state index contributed by atoms with van der Waals surface area (Å²) in [4.78, 5) is 28.8. The summed E-state index contributed by atoms with van der Waals surface area (Å²) in [6.07, 6.45) is 1.32. The third kappa shape index (κ3) is 3.44. The van der Waals surface area contributed by atoms with Gasteiger partial charge in [0, 0.05) is 37.2 Å². The predicted molar refractivity (Wildman–Crippen MR) is 96.6 cm³/mol. The molecular weight excluding hydrogens is 322 g/mol. The topological polar surface area (TPSA) is 66.6 Å². The first-order valence-electron chi connectivity index (χ1n) is 8.58. The number of likely N-dealkylation sites (tertiary alicyclic amines) is 1. The molecule has 2 aliphatic rings. The molecule has 24 heavy (non-hydrogen) atoms. The number of carbonyl (C=O) groups is 2. The molecule has 0 aliphatic carbocycles. The standard InChI is InChI=1S/C18H25N3O2S/c1-2-6-17(22)21-12-24-11-16(21)18(23)20-9-14(15(19)10-20)13-7-4-3-5-8-13/h3-5,7-8,14-16H,2,6,9-12,19H2,1H3/t14-,15+,16?/m0/s1. The Labute approximate surface area is 147 Å². The number of rotatable bonds is 4. The lowest BCUT2D eigenvalue weighted by Gasteiger charge is -2.27. The summed E-state index contributed by atoms with van der Waals surface area (Å²) >= 11 is 1.66. The van der Waals surface area contributed by atoms with E-state index < -0.39 is 0 Å². The molecule has 3 rings (SSSR count). The first-order valence-corrected chi connectivity index (χ1v) is 9.73. The minimum Gasteiger partial charge on any atom is -0.339 e. The molecule has 2 saturated heterocycles. The van der Waals surface area contributed by atoms with E-state index in [1.807, 2.05) is 30.0 Å². The van der Waals surface area contributed by atoms with Crippen LogP contribution in [0.25, 0.3) is 0 Å². The van der Waals surface area contributed by atoms with E-state index in [9.17, 15) is 9.59 Å². The van der Waals surface area contributed by atoms with Crippen molar-refractivity contribution in [1.82, 2.24) is 9.80 Å². The van der Waals surface area contributed by atoms with Crippen LogP contribution in [0.4, 0.5) is 0 Å². The number of hydrogen-bond acceptors (Lipinski definition) is 4. The first kappa shape index (κ1) is 17.3. The van der Waals surface area contributed by atoms with E-state index in [1.165, 1.54) is 5.56 Å². The van der Waals surface area contributed by atoms with Gasteiger partial charge in [0.15, 0.2) is 0 Å². The molecule has 130 valence electrons. The Morgan fingerprint density at radius 2 is 2.00 bits per heavy atom. The van der Waals surface area contributed by atoms with Gasteiger partial charge in [-0.15, -0.1) is 11.8 Å². The lowest BCUT2D eigenvalue weighted by atomic mass is 9.95. The van der Waals surface area contributed by atoms with Gasteiger partial charge in [0.1, 0.15) is 6.04 Å². The van der Waals surface area contributed by atoms with Crippen molar-refractivity contribution < 1.29 is 9.59 Å². The maximum Gasteiger partial charge on any atom is 0.246 e. The number of nitrogens with zero attached hydrogens (tertiary/aromatic N) is 2. The fourth-order valence-electron chi connectivity index (χ4n) is 3.52. The van der Waals surface area contributed by atoms with Crippen LogP contribution in [0.5, 0.6) is 0 Å². The average Bonchev–Trinajstić information content (AvgIpc) is 3.22. The SMILES string of the molecule is CCCC(=O)N1CSCC1C(=O)N1C[C@@H](N)[C@H](c2ccccc2)C1. The van der Waals surface area contributed by atoms with E-state index in [0.717, 1.165) is 6.42 Å². The number of thioether (sulfide) groups is 1. The molecule has 2 amide bonds. The molecule has 0 saturated carbocycles. The summed E-state index contributed by atoms with van der Waals surface area (Å²) in [5, 5.41) is 0. The fraction of sp³-hybridized carbons (Fsp3) is 0.556. The van der Waals surface area contributed by atoms with Crippen LogP contribution in [0.3, 0.4) is 0 Å². The van der Waals surface area contributed by atoms with Crippen molar-refractivity contribution in [2.75, 3.05) is 24.7 Å². The van der Waals surface area contributed by atoms with Gasteiger partial charge in [-0.05, 0) is 12.0 Å². The Balaban J connectivity index is 1.68. The minimum atomic E-state index is -0.323. The summed E-state index contributed by atoms with van der Waals surface area (Å²) in [6.45, 7) is 3.19. The molecule has 0 bridgehead atoms. The number of nitrogens with two attached hydrogens (primary N) is 1. The number of benzene rings is 1. The third-order valence-electron chi connectivity index (χ3n) is 4.86. The van der Waals surface area contributed by atoms with Gasteiger partial charge < -0.3 is 15.5 Å². The largest absolute Gasteiger partial charge is 0.339 e. The molecule has 5 nitrogen and oxygen atoms in total. The molecule has 3 atom stereocenters. The highest BCUT2D eigenvalue weighted by molar-refractivity contribution is 7.99. The molecule has 2 N–H and O–H groups in total. The Morgan fingerprint density at radius 1 is 1.25 bits per heavy atom. The summed E-state index contributed by atoms with van der Waals surface area (Å²) in [7, 11) is 0. The Hall–Kier alpha value is -1.53. The maximum atomic E-state index is 13.0. The van der Waals surface area contributed by atoms with Crippen LogP contribution in [0.1, 0.15) is 31.2 Å². The zero-order chi connectivity index (χ0) is 17.1. The smallest absolute Gasteiger partial charge is 0.246 e. The van der Waals surface area contributed by atoms with Crippen molar-refractivity contribution in [3.63, 3.8) is 0 Å². The van der Waals surface area contributed by atoms with Crippen LogP contribution >= 0.6 is 11.8 Å². The maximum absolute atomic E-state index is 13.0. The number of hydrogen-bond donors (Lipinski definition) is 1. The summed E-state index contributed by atoms with van der Waals surface area (Å²) in [6, 6.07) is 9.76. The van der Waals surface area contributed by atoms with Crippen LogP contribution in [0.15, 0.2) is 30.3 Å². The second-order valence-electron chi connectivity index (χ2n) is 6.55. The molecule has 0 aromatic heterocycles. The molecule has 0 spiro atoms. The van der Waals surface area contributed by atoms with E-state index in [2.05, 4.69) is 12.1 Å². The fourth-order valence-corrected chi connectivity index (χ4v) is 4.69. The van der Waals surface area contributed by atoms with E-state index >= 15 is 0 Å². The quantitative estimate of drug-likeness (QED) is 0.899. The lowest BCUT2D eigenvalue weighted by Crippen LogP contribution is -2.48. The van der Waals surface area contributed by atoms with Crippen molar-refractivity contribution in [3.8, 4) is 0 Å². The number of carbonyl (C=O) groups excluding carboxylic acids is 2. The summed E-state index contributed by atoms with van der Waals surface area (Å²) in [5.74, 6) is 1.62. The Morgan fingerprint density at radius 3 is 2.71 bits per heavy atom. The molecule has 2 heterocycles. The van der Waals surface area contributed by atoms with Crippen molar-refractivity contribution in [3.05, 3.63) is 35.9 Å². The number of amides is 2. The molecule has 2 fully saturated rings. The van der Waals surface area contributed by atoms with Crippen molar-refractivity contribution in [1.29, 1.82) is 0 Å². The highest BCUT2D eigenvalue weighted by atomic mass is 32.2. The van der Waals surface area contributed by atoms with Gasteiger partial charge >= 0.3 is 0 Å². The second-order valence-corrected chi connectivity index (χ2v) is 7.55. The summed E-state index contributed by atoms with van der Waals surface area (Å²) in [5.41, 5.74) is 7.48. The molecule has 6 heteroatoms. The first-order chi connectivity index (χ1) is 11.6. The second kappa shape index (κ2) is 7.57. The van der Waals surface area contributed by atoms with Crippen LogP contribution in [-0.2, 0) is 9.59 Å². The predicted octanol–water partition coefficient (Wildman–Crippen LogP) is 1.64. The lowest BCUT2D eigenvalue weighted by molar-refractivity contribution is -0.142. The normalized spacial score (nSPS) is 26.8. The van der Waals surface area contributed by atoms with Crippen LogP contribution in [-0.4, -0.2) is 58.4 Å². The van der Waals surface area contributed by atoms with E-state index in [1.54, 1.807) is 16.7 Å². The molecule has 1 unspecified atom stereocenters. The zero-order valence-electron chi connectivity index (χ0n) is 14.1. The van der Waals surface area contributed by atoms with E-state index in [4.69, 9.17) is 5.73 Å². The van der Waals surface area contributed by atoms with Crippen molar-refractivity contribution >= 4 is 23.6 Å². The molecular formula is C18H25N3O2S. The summed E-state index contributed by atoms with van der Waals surface area (Å²) < 4.78 is 0. The van der Waals surface area contributed by atoms with Gasteiger partial charge in [-0.2, -0.15) is 0 Å². The molecule has 1 aromatic carbocycles.